The molecule has 0 saturated heterocycles. The molecule has 3 unspecified atom stereocenters. The molecule has 1 saturated carbocycles. The maximum absolute atomic E-state index is 13.7. The van der Waals surface area contributed by atoms with Crippen LogP contribution in [0.1, 0.15) is 37.3 Å². The Labute approximate surface area is 180 Å². The number of aromatic nitrogens is 1. The first-order valence-corrected chi connectivity index (χ1v) is 10.6. The quantitative estimate of drug-likeness (QED) is 0.752. The van der Waals surface area contributed by atoms with E-state index in [0.717, 1.165) is 25.7 Å². The number of hydrogen-bond donors (Lipinski definition) is 0. The smallest absolute Gasteiger partial charge is 0.295 e. The molecule has 5 rings (SSSR count). The van der Waals surface area contributed by atoms with Crippen molar-refractivity contribution in [2.24, 2.45) is 5.92 Å². The first-order valence-electron chi connectivity index (χ1n) is 10.6. The number of anilines is 1. The Balaban J connectivity index is 1.71. The second kappa shape index (κ2) is 7.72. The maximum Gasteiger partial charge on any atom is 0.295 e. The Morgan fingerprint density at radius 2 is 1.87 bits per heavy atom. The predicted octanol–water partition coefficient (Wildman–Crippen LogP) is 3.60. The molecule has 3 heterocycles. The van der Waals surface area contributed by atoms with Gasteiger partial charge in [0.05, 0.1) is 25.7 Å². The highest BCUT2D eigenvalue weighted by Gasteiger charge is 2.53. The molecular formula is C24H24N2O5. The molecule has 160 valence electrons. The monoisotopic (exact) mass is 420 g/mol. The fourth-order valence-corrected chi connectivity index (χ4v) is 5.00. The van der Waals surface area contributed by atoms with Gasteiger partial charge in [-0.05, 0) is 37.5 Å². The number of amides is 1. The summed E-state index contributed by atoms with van der Waals surface area (Å²) in [7, 11) is 3.11. The van der Waals surface area contributed by atoms with Crippen molar-refractivity contribution in [1.29, 1.82) is 0 Å². The Kier molecular flexibility index (Phi) is 4.88. The van der Waals surface area contributed by atoms with Crippen molar-refractivity contribution in [1.82, 2.24) is 4.98 Å². The van der Waals surface area contributed by atoms with Crippen molar-refractivity contribution in [3.8, 4) is 11.5 Å². The molecule has 1 aromatic heterocycles. The lowest BCUT2D eigenvalue weighted by Crippen LogP contribution is -2.39. The summed E-state index contributed by atoms with van der Waals surface area (Å²) in [6.45, 7) is 0. The van der Waals surface area contributed by atoms with Gasteiger partial charge >= 0.3 is 0 Å². The molecule has 1 aliphatic carbocycles. The van der Waals surface area contributed by atoms with Gasteiger partial charge in [-0.15, -0.1) is 0 Å². The number of pyridine rings is 1. The number of hydrogen-bond acceptors (Lipinski definition) is 6. The maximum atomic E-state index is 13.7. The third-order valence-corrected chi connectivity index (χ3v) is 6.39. The van der Waals surface area contributed by atoms with Gasteiger partial charge in [0.15, 0.2) is 23.0 Å². The van der Waals surface area contributed by atoms with Crippen LogP contribution in [0.15, 0.2) is 53.9 Å². The largest absolute Gasteiger partial charge is 0.493 e. The third-order valence-electron chi connectivity index (χ3n) is 6.39. The lowest BCUT2D eigenvalue weighted by molar-refractivity contribution is -0.131. The average Bonchev–Trinajstić information content (AvgIpc) is 3.11. The Morgan fingerprint density at radius 1 is 1.03 bits per heavy atom. The zero-order valence-corrected chi connectivity index (χ0v) is 17.5. The molecule has 1 amide bonds. The van der Waals surface area contributed by atoms with Gasteiger partial charge < -0.3 is 14.2 Å². The summed E-state index contributed by atoms with van der Waals surface area (Å²) >= 11 is 0. The molecule has 0 N–H and O–H groups in total. The van der Waals surface area contributed by atoms with Crippen molar-refractivity contribution < 1.29 is 23.8 Å². The van der Waals surface area contributed by atoms with Crippen molar-refractivity contribution >= 4 is 17.5 Å². The number of carbonyl (C=O) groups is 2. The van der Waals surface area contributed by atoms with E-state index in [-0.39, 0.29) is 29.5 Å². The van der Waals surface area contributed by atoms with Crippen LogP contribution in [-0.2, 0) is 14.3 Å². The number of rotatable bonds is 4. The molecule has 31 heavy (non-hydrogen) atoms. The van der Waals surface area contributed by atoms with E-state index >= 15 is 0 Å². The molecule has 7 nitrogen and oxygen atoms in total. The molecule has 2 aromatic rings. The lowest BCUT2D eigenvalue weighted by Gasteiger charge is -2.35. The van der Waals surface area contributed by atoms with Crippen molar-refractivity contribution in [2.45, 2.75) is 37.8 Å². The Morgan fingerprint density at radius 3 is 2.61 bits per heavy atom. The SMILES string of the molecule is COc1cccc(C2C3=C(OC4CCCCC4C3=O)C(=O)N2c2ccccn2)c1OC. The van der Waals surface area contributed by atoms with E-state index in [2.05, 4.69) is 4.98 Å². The number of ketones is 1. The van der Waals surface area contributed by atoms with E-state index in [0.29, 0.717) is 28.5 Å². The molecule has 2 aliphatic heterocycles. The zero-order chi connectivity index (χ0) is 21.5. The third kappa shape index (κ3) is 2.99. The van der Waals surface area contributed by atoms with E-state index in [1.807, 2.05) is 18.2 Å². The molecule has 3 aliphatic rings. The van der Waals surface area contributed by atoms with Crippen LogP contribution in [0.5, 0.6) is 11.5 Å². The Hall–Kier alpha value is -3.35. The second-order valence-electron chi connectivity index (χ2n) is 8.00. The summed E-state index contributed by atoms with van der Waals surface area (Å²) in [4.78, 5) is 33.2. The summed E-state index contributed by atoms with van der Waals surface area (Å²) < 4.78 is 17.3. The summed E-state index contributed by atoms with van der Waals surface area (Å²) in [5, 5.41) is 0. The van der Waals surface area contributed by atoms with Crippen LogP contribution in [0.25, 0.3) is 0 Å². The molecule has 0 spiro atoms. The van der Waals surface area contributed by atoms with Crippen LogP contribution in [0.3, 0.4) is 0 Å². The van der Waals surface area contributed by atoms with Crippen LogP contribution >= 0.6 is 0 Å². The van der Waals surface area contributed by atoms with Crippen molar-refractivity contribution in [3.63, 3.8) is 0 Å². The van der Waals surface area contributed by atoms with Crippen molar-refractivity contribution in [2.75, 3.05) is 19.1 Å². The number of Topliss-reactive ketones (excluding diaryl/α,β-unsaturated/α-hetero) is 1. The fourth-order valence-electron chi connectivity index (χ4n) is 5.00. The zero-order valence-electron chi connectivity index (χ0n) is 17.5. The first-order chi connectivity index (χ1) is 15.2. The summed E-state index contributed by atoms with van der Waals surface area (Å²) in [6, 6.07) is 10.1. The molecule has 7 heteroatoms. The summed E-state index contributed by atoms with van der Waals surface area (Å²) in [6.07, 6.45) is 4.95. The molecule has 0 bridgehead atoms. The summed E-state index contributed by atoms with van der Waals surface area (Å²) in [5.74, 6) is 1.04. The molecule has 1 aromatic carbocycles. The van der Waals surface area contributed by atoms with E-state index < -0.39 is 6.04 Å². The first kappa shape index (κ1) is 19.6. The minimum Gasteiger partial charge on any atom is -0.493 e. The highest BCUT2D eigenvalue weighted by atomic mass is 16.5. The second-order valence-corrected chi connectivity index (χ2v) is 8.00. The average molecular weight is 420 g/mol. The molecule has 1 fully saturated rings. The van der Waals surface area contributed by atoms with Crippen LogP contribution in [0, 0.1) is 5.92 Å². The predicted molar refractivity (Wildman–Crippen MR) is 113 cm³/mol. The van der Waals surface area contributed by atoms with Gasteiger partial charge in [-0.25, -0.2) is 4.98 Å². The van der Waals surface area contributed by atoms with Crippen molar-refractivity contribution in [3.05, 3.63) is 59.5 Å². The number of ether oxygens (including phenoxy) is 3. The number of para-hydroxylation sites is 1. The minimum atomic E-state index is -0.696. The minimum absolute atomic E-state index is 0.00685. The normalized spacial score (nSPS) is 25.1. The standard InChI is InChI=1S/C24H24N2O5/c1-29-17-11-7-9-15(22(17)30-2)20-19-21(27)14-8-3-4-10-16(14)31-23(19)24(28)26(20)18-12-5-6-13-25-18/h5-7,9,11-14,16,20H,3-4,8,10H2,1-2H3. The molecule has 3 atom stereocenters. The van der Waals surface area contributed by atoms with Gasteiger partial charge in [0.2, 0.25) is 0 Å². The van der Waals surface area contributed by atoms with Gasteiger partial charge in [-0.2, -0.15) is 0 Å². The highest BCUT2D eigenvalue weighted by molar-refractivity contribution is 6.17. The molecule has 0 radical (unpaired) electrons. The fraction of sp³-hybridized carbons (Fsp3) is 0.375. The van der Waals surface area contributed by atoms with Crippen LogP contribution in [0.2, 0.25) is 0 Å². The number of nitrogens with zero attached hydrogens (tertiary/aromatic N) is 2. The molecular weight excluding hydrogens is 396 g/mol. The van der Waals surface area contributed by atoms with Gasteiger partial charge in [-0.1, -0.05) is 24.6 Å². The number of carbonyl (C=O) groups excluding carboxylic acids is 2. The van der Waals surface area contributed by atoms with Crippen LogP contribution in [0.4, 0.5) is 5.82 Å². The Bertz CT molecular complexity index is 1060. The number of fused-ring (bicyclic) bond motifs is 1. The van der Waals surface area contributed by atoms with Crippen LogP contribution < -0.4 is 14.4 Å². The van der Waals surface area contributed by atoms with Crippen LogP contribution in [-0.4, -0.2) is 37.0 Å². The van der Waals surface area contributed by atoms with E-state index in [4.69, 9.17) is 14.2 Å². The van der Waals surface area contributed by atoms with E-state index in [1.165, 1.54) is 4.90 Å². The van der Waals surface area contributed by atoms with Gasteiger partial charge in [0.25, 0.3) is 5.91 Å². The van der Waals surface area contributed by atoms with Gasteiger partial charge in [-0.3, -0.25) is 14.5 Å². The van der Waals surface area contributed by atoms with E-state index in [9.17, 15) is 9.59 Å². The number of methoxy groups -OCH3 is 2. The van der Waals surface area contributed by atoms with E-state index in [1.54, 1.807) is 38.6 Å². The van der Waals surface area contributed by atoms with Gasteiger partial charge in [0.1, 0.15) is 18.0 Å². The lowest BCUT2D eigenvalue weighted by atomic mass is 9.77. The number of benzene rings is 1. The highest BCUT2D eigenvalue weighted by Crippen LogP contribution is 2.50. The topological polar surface area (TPSA) is 78.0 Å². The van der Waals surface area contributed by atoms with Gasteiger partial charge in [0, 0.05) is 11.8 Å². The summed E-state index contributed by atoms with van der Waals surface area (Å²) in [5.41, 5.74) is 1.06.